The highest BCUT2D eigenvalue weighted by Gasteiger charge is 2.31. The van der Waals surface area contributed by atoms with Gasteiger partial charge in [-0.25, -0.2) is 14.5 Å². The fourth-order valence-corrected chi connectivity index (χ4v) is 5.78. The van der Waals surface area contributed by atoms with Gasteiger partial charge >= 0.3 is 12.4 Å². The number of hydrogen-bond donors (Lipinski definition) is 1. The molecule has 1 N–H and O–H groups in total. The second kappa shape index (κ2) is 14.3. The van der Waals surface area contributed by atoms with E-state index in [-0.39, 0.29) is 11.3 Å². The molecule has 0 atom stereocenters. The SMILES string of the molecule is CCCc1ccc(C)cc1N1CCCS/C1=N\C(=O)N/C=C(\C#N)c1ccc(-c2ncn(-c3ccc(OC(F)(F)F)cc3)n2)cc1. The highest BCUT2D eigenvalue weighted by atomic mass is 32.2. The third kappa shape index (κ3) is 8.13. The van der Waals surface area contributed by atoms with Gasteiger partial charge in [-0.2, -0.15) is 10.3 Å². The van der Waals surface area contributed by atoms with Crippen LogP contribution in [0.25, 0.3) is 22.6 Å². The molecule has 2 heterocycles. The van der Waals surface area contributed by atoms with Crippen molar-refractivity contribution in [3.05, 3.63) is 95.9 Å². The molecule has 1 aliphatic rings. The summed E-state index contributed by atoms with van der Waals surface area (Å²) in [6.45, 7) is 4.95. The Balaban J connectivity index is 1.27. The van der Waals surface area contributed by atoms with E-state index in [0.717, 1.165) is 42.8 Å². The zero-order chi connectivity index (χ0) is 32.7. The molecule has 0 radical (unpaired) electrons. The van der Waals surface area contributed by atoms with Crippen LogP contribution in [0.5, 0.6) is 5.75 Å². The summed E-state index contributed by atoms with van der Waals surface area (Å²) < 4.78 is 42.6. The van der Waals surface area contributed by atoms with E-state index >= 15 is 0 Å². The number of urea groups is 1. The van der Waals surface area contributed by atoms with Crippen LogP contribution in [0.2, 0.25) is 0 Å². The van der Waals surface area contributed by atoms with Gasteiger partial charge in [0, 0.05) is 29.7 Å². The molecule has 1 aliphatic heterocycles. The van der Waals surface area contributed by atoms with Crippen LogP contribution >= 0.6 is 11.8 Å². The standard InChI is InChI=1S/C33H30F3N7O2S/c1-3-5-24-7-6-22(2)18-29(24)42-16-4-17-46-32(42)40-31(44)38-20-26(19-37)23-8-10-25(11-9-23)30-39-21-43(41-30)27-12-14-28(15-13-27)45-33(34,35)36/h6-15,18,20-21H,3-5,16-17H2,1-2H3,(H,38,44)/b26-20+,40-32-. The number of thioether (sulfide) groups is 1. The van der Waals surface area contributed by atoms with Crippen molar-refractivity contribution in [3.8, 4) is 28.9 Å². The van der Waals surface area contributed by atoms with Crippen molar-refractivity contribution < 1.29 is 22.7 Å². The number of nitriles is 1. The molecule has 0 unspecified atom stereocenters. The van der Waals surface area contributed by atoms with Crippen molar-refractivity contribution in [3.63, 3.8) is 0 Å². The molecule has 236 valence electrons. The van der Waals surface area contributed by atoms with Crippen molar-refractivity contribution in [2.24, 2.45) is 4.99 Å². The Kier molecular flexibility index (Phi) is 10.1. The molecule has 46 heavy (non-hydrogen) atoms. The number of amidine groups is 1. The van der Waals surface area contributed by atoms with Crippen LogP contribution in [0.15, 0.2) is 84.2 Å². The number of halogens is 3. The fraction of sp³-hybridized carbons (Fsp3) is 0.242. The molecule has 0 spiro atoms. The van der Waals surface area contributed by atoms with Gasteiger partial charge < -0.3 is 15.0 Å². The lowest BCUT2D eigenvalue weighted by Gasteiger charge is -2.31. The minimum absolute atomic E-state index is 0.233. The predicted molar refractivity (Wildman–Crippen MR) is 173 cm³/mol. The van der Waals surface area contributed by atoms with Gasteiger partial charge in [0.25, 0.3) is 0 Å². The summed E-state index contributed by atoms with van der Waals surface area (Å²) in [6.07, 6.45) is 0.921. The molecule has 1 fully saturated rings. The largest absolute Gasteiger partial charge is 0.573 e. The molecule has 3 aromatic carbocycles. The molecular weight excluding hydrogens is 615 g/mol. The van der Waals surface area contributed by atoms with E-state index in [4.69, 9.17) is 0 Å². The molecule has 0 saturated carbocycles. The van der Waals surface area contributed by atoms with Crippen LogP contribution in [0.3, 0.4) is 0 Å². The first-order valence-electron chi connectivity index (χ1n) is 14.5. The Morgan fingerprint density at radius 2 is 1.91 bits per heavy atom. The number of aromatic nitrogens is 3. The van der Waals surface area contributed by atoms with E-state index < -0.39 is 12.4 Å². The molecule has 1 aromatic heterocycles. The molecular formula is C33H30F3N7O2S. The lowest BCUT2D eigenvalue weighted by Crippen LogP contribution is -2.36. The van der Waals surface area contributed by atoms with Crippen LogP contribution < -0.4 is 15.0 Å². The van der Waals surface area contributed by atoms with E-state index in [1.165, 1.54) is 58.8 Å². The topological polar surface area (TPSA) is 108 Å². The quantitative estimate of drug-likeness (QED) is 0.196. The minimum atomic E-state index is -4.77. The Morgan fingerprint density at radius 1 is 1.15 bits per heavy atom. The highest BCUT2D eigenvalue weighted by Crippen LogP contribution is 2.30. The summed E-state index contributed by atoms with van der Waals surface area (Å²) in [7, 11) is 0. The average molecular weight is 646 g/mol. The summed E-state index contributed by atoms with van der Waals surface area (Å²) in [4.78, 5) is 23.6. The van der Waals surface area contributed by atoms with Crippen LogP contribution in [0.1, 0.15) is 36.5 Å². The molecule has 13 heteroatoms. The third-order valence-electron chi connectivity index (χ3n) is 6.98. The number of hydrogen-bond acceptors (Lipinski definition) is 6. The maximum atomic E-state index is 12.9. The summed E-state index contributed by atoms with van der Waals surface area (Å²) in [6, 6.07) is 20.0. The Hall–Kier alpha value is -5.09. The predicted octanol–water partition coefficient (Wildman–Crippen LogP) is 7.67. The second-order valence-corrected chi connectivity index (χ2v) is 11.4. The summed E-state index contributed by atoms with van der Waals surface area (Å²) in [5, 5.41) is 17.5. The summed E-state index contributed by atoms with van der Waals surface area (Å²) in [5.41, 5.74) is 5.37. The smallest absolute Gasteiger partial charge is 0.406 e. The van der Waals surface area contributed by atoms with Gasteiger partial charge in [0.15, 0.2) is 11.0 Å². The van der Waals surface area contributed by atoms with E-state index in [1.54, 1.807) is 24.3 Å². The average Bonchev–Trinajstić information content (AvgIpc) is 3.53. The number of rotatable bonds is 8. The van der Waals surface area contributed by atoms with Crippen molar-refractivity contribution >= 4 is 34.2 Å². The molecule has 0 bridgehead atoms. The molecule has 5 rings (SSSR count). The fourth-order valence-electron chi connectivity index (χ4n) is 4.83. The Morgan fingerprint density at radius 3 is 2.61 bits per heavy atom. The number of benzene rings is 3. The monoisotopic (exact) mass is 645 g/mol. The van der Waals surface area contributed by atoms with Crippen molar-refractivity contribution in [1.29, 1.82) is 5.26 Å². The van der Waals surface area contributed by atoms with E-state index in [0.29, 0.717) is 27.8 Å². The van der Waals surface area contributed by atoms with Gasteiger partial charge in [-0.1, -0.05) is 61.5 Å². The normalized spacial score (nSPS) is 14.7. The molecule has 2 amide bonds. The number of amides is 2. The van der Waals surface area contributed by atoms with Crippen molar-refractivity contribution in [2.75, 3.05) is 17.2 Å². The number of aryl methyl sites for hydroxylation is 2. The van der Waals surface area contributed by atoms with Crippen LogP contribution in [-0.4, -0.2) is 44.6 Å². The van der Waals surface area contributed by atoms with Gasteiger partial charge in [-0.15, -0.1) is 18.3 Å². The first kappa shape index (κ1) is 32.3. The van der Waals surface area contributed by atoms with Gasteiger partial charge in [-0.05, 0) is 66.8 Å². The number of nitrogens with zero attached hydrogens (tertiary/aromatic N) is 6. The molecule has 9 nitrogen and oxygen atoms in total. The maximum absolute atomic E-state index is 12.9. The number of aliphatic imine (C=N–C) groups is 1. The zero-order valence-electron chi connectivity index (χ0n) is 25.1. The lowest BCUT2D eigenvalue weighted by atomic mass is 10.0. The second-order valence-electron chi connectivity index (χ2n) is 10.4. The maximum Gasteiger partial charge on any atom is 0.573 e. The number of carbonyl (C=O) groups excluding carboxylic acids is 1. The first-order valence-corrected chi connectivity index (χ1v) is 15.5. The molecule has 4 aromatic rings. The van der Waals surface area contributed by atoms with Crippen LogP contribution in [-0.2, 0) is 6.42 Å². The Labute approximate surface area is 268 Å². The highest BCUT2D eigenvalue weighted by molar-refractivity contribution is 8.14. The minimum Gasteiger partial charge on any atom is -0.406 e. The van der Waals surface area contributed by atoms with Gasteiger partial charge in [-0.3, -0.25) is 0 Å². The van der Waals surface area contributed by atoms with E-state index in [9.17, 15) is 23.2 Å². The number of allylic oxidation sites excluding steroid dienone is 1. The number of carbonyl (C=O) groups is 1. The van der Waals surface area contributed by atoms with Gasteiger partial charge in [0.1, 0.15) is 18.1 Å². The summed E-state index contributed by atoms with van der Waals surface area (Å²) >= 11 is 1.53. The molecule has 0 aliphatic carbocycles. The van der Waals surface area contributed by atoms with E-state index in [2.05, 4.69) is 61.2 Å². The zero-order valence-corrected chi connectivity index (χ0v) is 25.9. The number of alkyl halides is 3. The van der Waals surface area contributed by atoms with Crippen LogP contribution in [0.4, 0.5) is 23.7 Å². The van der Waals surface area contributed by atoms with Gasteiger partial charge in [0.2, 0.25) is 0 Å². The number of ether oxygens (including phenoxy) is 1. The number of anilines is 1. The Bertz CT molecular complexity index is 1790. The van der Waals surface area contributed by atoms with Crippen LogP contribution in [0, 0.1) is 18.3 Å². The van der Waals surface area contributed by atoms with Crippen molar-refractivity contribution in [1.82, 2.24) is 20.1 Å². The lowest BCUT2D eigenvalue weighted by molar-refractivity contribution is -0.274. The molecule has 1 saturated heterocycles. The van der Waals surface area contributed by atoms with E-state index in [1.807, 2.05) is 6.92 Å². The van der Waals surface area contributed by atoms with Gasteiger partial charge in [0.05, 0.1) is 11.3 Å². The van der Waals surface area contributed by atoms with Crippen molar-refractivity contribution in [2.45, 2.75) is 39.5 Å². The first-order chi connectivity index (χ1) is 22.1. The number of nitrogens with one attached hydrogen (secondary N) is 1. The third-order valence-corrected chi connectivity index (χ3v) is 8.04. The summed E-state index contributed by atoms with van der Waals surface area (Å²) in [5.74, 6) is 0.897.